The molecule has 3 heteroatoms. The molecular weight excluding hydrogens is 168 g/mol. The average molecular weight is 184 g/mol. The monoisotopic (exact) mass is 184 g/mol. The molecule has 0 amide bonds. The topological polar surface area (TPSA) is 46.5 Å². The Bertz CT molecular complexity index is 202. The summed E-state index contributed by atoms with van der Waals surface area (Å²) in [6, 6.07) is 0. The van der Waals surface area contributed by atoms with Gasteiger partial charge >= 0.3 is 5.97 Å². The van der Waals surface area contributed by atoms with Crippen molar-refractivity contribution < 1.29 is 14.6 Å². The summed E-state index contributed by atoms with van der Waals surface area (Å²) < 4.78 is 5.23. The van der Waals surface area contributed by atoms with Crippen LogP contribution in [0.1, 0.15) is 44.9 Å². The van der Waals surface area contributed by atoms with E-state index >= 15 is 0 Å². The lowest BCUT2D eigenvalue weighted by Gasteiger charge is -2.22. The fraction of sp³-hybridized carbons (Fsp3) is 0.900. The van der Waals surface area contributed by atoms with Gasteiger partial charge in [0, 0.05) is 0 Å². The van der Waals surface area contributed by atoms with Gasteiger partial charge in [-0.3, -0.25) is 0 Å². The SMILES string of the molecule is O=C(OC1CCCCC1)C1(O)CC1. The molecule has 0 saturated heterocycles. The maximum atomic E-state index is 11.3. The van der Waals surface area contributed by atoms with Crippen molar-refractivity contribution in [3.63, 3.8) is 0 Å². The molecule has 0 aromatic carbocycles. The Morgan fingerprint density at radius 2 is 1.85 bits per heavy atom. The van der Waals surface area contributed by atoms with E-state index in [9.17, 15) is 9.90 Å². The van der Waals surface area contributed by atoms with Crippen LogP contribution in [0.15, 0.2) is 0 Å². The van der Waals surface area contributed by atoms with Crippen molar-refractivity contribution in [3.05, 3.63) is 0 Å². The molecule has 3 nitrogen and oxygen atoms in total. The molecule has 13 heavy (non-hydrogen) atoms. The summed E-state index contributed by atoms with van der Waals surface area (Å²) in [7, 11) is 0. The highest BCUT2D eigenvalue weighted by Crippen LogP contribution is 2.37. The summed E-state index contributed by atoms with van der Waals surface area (Å²) in [6.45, 7) is 0. The summed E-state index contributed by atoms with van der Waals surface area (Å²) in [5.74, 6) is -0.389. The smallest absolute Gasteiger partial charge is 0.338 e. The summed E-state index contributed by atoms with van der Waals surface area (Å²) in [4.78, 5) is 11.3. The van der Waals surface area contributed by atoms with E-state index in [1.807, 2.05) is 0 Å². The third kappa shape index (κ3) is 2.02. The van der Waals surface area contributed by atoms with Gasteiger partial charge in [0.1, 0.15) is 6.10 Å². The van der Waals surface area contributed by atoms with Gasteiger partial charge in [-0.15, -0.1) is 0 Å². The predicted molar refractivity (Wildman–Crippen MR) is 47.1 cm³/mol. The van der Waals surface area contributed by atoms with Crippen molar-refractivity contribution in [2.24, 2.45) is 0 Å². The summed E-state index contributed by atoms with van der Waals surface area (Å²) in [6.07, 6.45) is 6.73. The van der Waals surface area contributed by atoms with Gasteiger partial charge < -0.3 is 9.84 Å². The quantitative estimate of drug-likeness (QED) is 0.659. The van der Waals surface area contributed by atoms with Crippen LogP contribution in [0.25, 0.3) is 0 Å². The molecule has 0 spiro atoms. The molecule has 0 atom stereocenters. The van der Waals surface area contributed by atoms with E-state index in [4.69, 9.17) is 4.74 Å². The number of ether oxygens (including phenoxy) is 1. The van der Waals surface area contributed by atoms with Crippen molar-refractivity contribution in [2.75, 3.05) is 0 Å². The largest absolute Gasteiger partial charge is 0.460 e. The highest BCUT2D eigenvalue weighted by atomic mass is 16.6. The van der Waals surface area contributed by atoms with Crippen LogP contribution in [0.5, 0.6) is 0 Å². The standard InChI is InChI=1S/C10H16O3/c11-9(10(12)6-7-10)13-8-4-2-1-3-5-8/h8,12H,1-7H2. The molecule has 0 radical (unpaired) electrons. The van der Waals surface area contributed by atoms with Crippen LogP contribution < -0.4 is 0 Å². The van der Waals surface area contributed by atoms with Crippen molar-refractivity contribution in [1.82, 2.24) is 0 Å². The van der Waals surface area contributed by atoms with Crippen LogP contribution in [0.3, 0.4) is 0 Å². The van der Waals surface area contributed by atoms with Gasteiger partial charge in [-0.05, 0) is 38.5 Å². The third-order valence-corrected chi connectivity index (χ3v) is 2.93. The normalized spacial score (nSPS) is 26.8. The molecular formula is C10H16O3. The Hall–Kier alpha value is -0.570. The number of carbonyl (C=O) groups excluding carboxylic acids is 1. The second-order valence-corrected chi connectivity index (χ2v) is 4.20. The van der Waals surface area contributed by atoms with Crippen LogP contribution in [-0.4, -0.2) is 22.8 Å². The Morgan fingerprint density at radius 3 is 2.38 bits per heavy atom. The Morgan fingerprint density at radius 1 is 1.23 bits per heavy atom. The van der Waals surface area contributed by atoms with Gasteiger partial charge in [0.15, 0.2) is 5.60 Å². The number of hydrogen-bond donors (Lipinski definition) is 1. The zero-order valence-corrected chi connectivity index (χ0v) is 7.79. The number of hydrogen-bond acceptors (Lipinski definition) is 3. The number of aliphatic hydroxyl groups is 1. The van der Waals surface area contributed by atoms with E-state index in [1.165, 1.54) is 6.42 Å². The van der Waals surface area contributed by atoms with Crippen molar-refractivity contribution in [3.8, 4) is 0 Å². The van der Waals surface area contributed by atoms with Crippen molar-refractivity contribution in [2.45, 2.75) is 56.7 Å². The van der Waals surface area contributed by atoms with Gasteiger partial charge in [-0.1, -0.05) is 6.42 Å². The molecule has 74 valence electrons. The Kier molecular flexibility index (Phi) is 2.28. The minimum atomic E-state index is -1.10. The van der Waals surface area contributed by atoms with E-state index in [0.717, 1.165) is 25.7 Å². The van der Waals surface area contributed by atoms with E-state index in [0.29, 0.717) is 12.8 Å². The number of rotatable bonds is 2. The number of esters is 1. The first kappa shape index (κ1) is 9.00. The van der Waals surface area contributed by atoms with Crippen LogP contribution in [0, 0.1) is 0 Å². The highest BCUT2D eigenvalue weighted by Gasteiger charge is 2.50. The molecule has 0 aliphatic heterocycles. The highest BCUT2D eigenvalue weighted by molar-refractivity contribution is 5.82. The first-order valence-corrected chi connectivity index (χ1v) is 5.14. The molecule has 0 heterocycles. The zero-order valence-electron chi connectivity index (χ0n) is 7.79. The molecule has 2 saturated carbocycles. The molecule has 0 unspecified atom stereocenters. The molecule has 1 N–H and O–H groups in total. The van der Waals surface area contributed by atoms with E-state index in [1.54, 1.807) is 0 Å². The molecule has 2 fully saturated rings. The Labute approximate surface area is 78.1 Å². The molecule has 0 bridgehead atoms. The summed E-state index contributed by atoms with van der Waals surface area (Å²) >= 11 is 0. The van der Waals surface area contributed by atoms with Gasteiger partial charge in [-0.25, -0.2) is 4.79 Å². The van der Waals surface area contributed by atoms with Gasteiger partial charge in [0.2, 0.25) is 0 Å². The van der Waals surface area contributed by atoms with Crippen molar-refractivity contribution >= 4 is 5.97 Å². The zero-order chi connectivity index (χ0) is 9.31. The maximum absolute atomic E-state index is 11.3. The van der Waals surface area contributed by atoms with Crippen LogP contribution in [0.4, 0.5) is 0 Å². The lowest BCUT2D eigenvalue weighted by molar-refractivity contribution is -0.163. The van der Waals surface area contributed by atoms with Crippen LogP contribution in [-0.2, 0) is 9.53 Å². The molecule has 2 aliphatic carbocycles. The third-order valence-electron chi connectivity index (χ3n) is 2.93. The van der Waals surface area contributed by atoms with Gasteiger partial charge in [-0.2, -0.15) is 0 Å². The second-order valence-electron chi connectivity index (χ2n) is 4.20. The first-order valence-electron chi connectivity index (χ1n) is 5.14. The van der Waals surface area contributed by atoms with E-state index in [2.05, 4.69) is 0 Å². The number of carbonyl (C=O) groups is 1. The van der Waals surface area contributed by atoms with Crippen molar-refractivity contribution in [1.29, 1.82) is 0 Å². The fourth-order valence-electron chi connectivity index (χ4n) is 1.77. The Balaban J connectivity index is 1.79. The predicted octanol–water partition coefficient (Wildman–Crippen LogP) is 1.39. The van der Waals surface area contributed by atoms with Crippen LogP contribution >= 0.6 is 0 Å². The van der Waals surface area contributed by atoms with E-state index < -0.39 is 5.60 Å². The van der Waals surface area contributed by atoms with Gasteiger partial charge in [0.05, 0.1) is 0 Å². The summed E-state index contributed by atoms with van der Waals surface area (Å²) in [5.41, 5.74) is -1.10. The molecule has 2 aliphatic rings. The molecule has 2 rings (SSSR count). The average Bonchev–Trinajstić information content (AvgIpc) is 2.87. The minimum Gasteiger partial charge on any atom is -0.460 e. The minimum absolute atomic E-state index is 0.0749. The first-order chi connectivity index (χ1) is 6.21. The lowest BCUT2D eigenvalue weighted by atomic mass is 9.98. The second kappa shape index (κ2) is 3.29. The van der Waals surface area contributed by atoms with Crippen LogP contribution in [0.2, 0.25) is 0 Å². The molecule has 0 aromatic heterocycles. The maximum Gasteiger partial charge on any atom is 0.338 e. The lowest BCUT2D eigenvalue weighted by Crippen LogP contribution is -2.30. The fourth-order valence-corrected chi connectivity index (χ4v) is 1.77. The summed E-state index contributed by atoms with van der Waals surface area (Å²) in [5, 5.41) is 9.45. The van der Waals surface area contributed by atoms with E-state index in [-0.39, 0.29) is 12.1 Å². The van der Waals surface area contributed by atoms with Gasteiger partial charge in [0.25, 0.3) is 0 Å². The molecule has 0 aromatic rings.